The second-order valence-electron chi connectivity index (χ2n) is 4.76. The number of nitrogen functional groups attached to an aromatic ring is 1. The minimum Gasteiger partial charge on any atom is -0.391 e. The van der Waals surface area contributed by atoms with Crippen LogP contribution in [0.1, 0.15) is 13.8 Å². The lowest BCUT2D eigenvalue weighted by atomic mass is 9.89. The highest BCUT2D eigenvalue weighted by Gasteiger charge is 2.40. The fourth-order valence-electron chi connectivity index (χ4n) is 2.04. The molecule has 0 spiro atoms. The molecule has 3 atom stereocenters. The second kappa shape index (κ2) is 4.14. The van der Waals surface area contributed by atoms with Crippen LogP contribution in [0.25, 0.3) is 0 Å². The smallest absolute Gasteiger partial charge is 0.277 e. The molecule has 0 fully saturated rings. The molecule has 0 saturated carbocycles. The Morgan fingerprint density at radius 3 is 2.78 bits per heavy atom. The lowest BCUT2D eigenvalue weighted by Crippen LogP contribution is -2.58. The molecule has 8 heteroatoms. The topological polar surface area (TPSA) is 136 Å². The first kappa shape index (κ1) is 12.7. The van der Waals surface area contributed by atoms with Gasteiger partial charge in [0.15, 0.2) is 5.82 Å². The van der Waals surface area contributed by atoms with Crippen molar-refractivity contribution in [1.82, 2.24) is 9.97 Å². The zero-order valence-electron chi connectivity index (χ0n) is 10.2. The van der Waals surface area contributed by atoms with Crippen molar-refractivity contribution in [3.8, 4) is 0 Å². The Bertz CT molecular complexity index is 515. The first-order chi connectivity index (χ1) is 8.33. The van der Waals surface area contributed by atoms with Gasteiger partial charge in [-0.25, -0.2) is 0 Å². The molecule has 2 rings (SSSR count). The van der Waals surface area contributed by atoms with Gasteiger partial charge in [0.05, 0.1) is 11.6 Å². The molecule has 0 saturated heterocycles. The fourth-order valence-corrected chi connectivity index (χ4v) is 2.04. The average molecular weight is 255 g/mol. The van der Waals surface area contributed by atoms with Crippen LogP contribution in [0.5, 0.6) is 0 Å². The number of H-pyrrole nitrogens is 1. The van der Waals surface area contributed by atoms with E-state index in [2.05, 4.69) is 20.6 Å². The summed E-state index contributed by atoms with van der Waals surface area (Å²) in [6.45, 7) is 3.50. The Labute approximate surface area is 103 Å². The Kier molecular flexibility index (Phi) is 2.91. The Morgan fingerprint density at radius 1 is 1.50 bits per heavy atom. The molecule has 1 aromatic rings. The van der Waals surface area contributed by atoms with Gasteiger partial charge < -0.3 is 26.6 Å². The van der Waals surface area contributed by atoms with Gasteiger partial charge in [-0.3, -0.25) is 9.78 Å². The minimum absolute atomic E-state index is 0.0210. The van der Waals surface area contributed by atoms with Gasteiger partial charge in [0.2, 0.25) is 5.95 Å². The molecule has 1 aliphatic heterocycles. The van der Waals surface area contributed by atoms with E-state index in [0.717, 1.165) is 0 Å². The highest BCUT2D eigenvalue weighted by Crippen LogP contribution is 2.28. The first-order valence-corrected chi connectivity index (χ1v) is 5.61. The van der Waals surface area contributed by atoms with Crippen LogP contribution in [-0.4, -0.2) is 44.5 Å². The molecule has 0 aromatic carbocycles. The van der Waals surface area contributed by atoms with E-state index in [1.54, 1.807) is 6.92 Å². The zero-order valence-corrected chi connectivity index (χ0v) is 10.2. The molecule has 1 aliphatic rings. The van der Waals surface area contributed by atoms with E-state index in [-0.39, 0.29) is 11.6 Å². The summed E-state index contributed by atoms with van der Waals surface area (Å²) >= 11 is 0. The molecular formula is C10H17N5O3. The molecule has 0 bridgehead atoms. The van der Waals surface area contributed by atoms with Crippen molar-refractivity contribution in [2.24, 2.45) is 0 Å². The third-order valence-corrected chi connectivity index (χ3v) is 3.08. The van der Waals surface area contributed by atoms with Crippen LogP contribution >= 0.6 is 0 Å². The molecule has 100 valence electrons. The highest BCUT2D eigenvalue weighted by molar-refractivity contribution is 5.68. The number of hydrogen-bond acceptors (Lipinski definition) is 7. The number of aliphatic hydroxyl groups is 2. The Balaban J connectivity index is 2.38. The lowest BCUT2D eigenvalue weighted by molar-refractivity contribution is -0.00459. The summed E-state index contributed by atoms with van der Waals surface area (Å²) in [7, 11) is 0. The van der Waals surface area contributed by atoms with E-state index in [4.69, 9.17) is 5.73 Å². The number of aromatic amines is 1. The summed E-state index contributed by atoms with van der Waals surface area (Å²) in [6.07, 6.45) is -1.96. The van der Waals surface area contributed by atoms with E-state index in [1.165, 1.54) is 6.92 Å². The first-order valence-electron chi connectivity index (χ1n) is 5.61. The van der Waals surface area contributed by atoms with Crippen LogP contribution in [0.15, 0.2) is 4.79 Å². The summed E-state index contributed by atoms with van der Waals surface area (Å²) in [4.78, 5) is 18.1. The van der Waals surface area contributed by atoms with E-state index >= 15 is 0 Å². The van der Waals surface area contributed by atoms with Crippen molar-refractivity contribution >= 4 is 17.5 Å². The van der Waals surface area contributed by atoms with Gasteiger partial charge in [0.1, 0.15) is 11.8 Å². The minimum atomic E-state index is -1.03. The average Bonchev–Trinajstić information content (AvgIpc) is 2.29. The second-order valence-corrected chi connectivity index (χ2v) is 4.76. The number of hydrogen-bond donors (Lipinski definition) is 6. The number of anilines is 3. The Hall–Kier alpha value is -1.80. The van der Waals surface area contributed by atoms with Crippen LogP contribution in [0.4, 0.5) is 17.5 Å². The number of nitrogens with zero attached hydrogens (tertiary/aromatic N) is 1. The van der Waals surface area contributed by atoms with E-state index in [9.17, 15) is 15.0 Å². The van der Waals surface area contributed by atoms with Gasteiger partial charge in [-0.1, -0.05) is 0 Å². The normalized spacial score (nSPS) is 25.6. The SMILES string of the molecule is C[C@H](O)[C@H](O)[C@@]1(C)CNc2nc(N)[nH]c(=O)c2N1. The lowest BCUT2D eigenvalue weighted by Gasteiger charge is -2.41. The van der Waals surface area contributed by atoms with E-state index < -0.39 is 23.3 Å². The van der Waals surface area contributed by atoms with Crippen LogP contribution in [0.3, 0.4) is 0 Å². The highest BCUT2D eigenvalue weighted by atomic mass is 16.3. The standard InChI is InChI=1S/C10H17N5O3/c1-4(16)6(17)10(2)3-12-7-5(15-10)8(18)14-9(11)13-7/h4,6,15-17H,3H2,1-2H3,(H4,11,12,13,14,18)/t4-,6-,10+/m0/s1. The largest absolute Gasteiger partial charge is 0.391 e. The van der Waals surface area contributed by atoms with Gasteiger partial charge in [-0.2, -0.15) is 4.98 Å². The number of fused-ring (bicyclic) bond motifs is 1. The molecule has 0 unspecified atom stereocenters. The maximum atomic E-state index is 11.7. The van der Waals surface area contributed by atoms with Crippen molar-refractivity contribution in [3.63, 3.8) is 0 Å². The van der Waals surface area contributed by atoms with Crippen LogP contribution in [0.2, 0.25) is 0 Å². The molecule has 8 nitrogen and oxygen atoms in total. The van der Waals surface area contributed by atoms with Gasteiger partial charge >= 0.3 is 0 Å². The van der Waals surface area contributed by atoms with Crippen molar-refractivity contribution in [1.29, 1.82) is 0 Å². The predicted octanol–water partition coefficient (Wildman–Crippen LogP) is -1.31. The van der Waals surface area contributed by atoms with E-state index in [0.29, 0.717) is 12.4 Å². The maximum Gasteiger partial charge on any atom is 0.277 e. The third kappa shape index (κ3) is 2.00. The van der Waals surface area contributed by atoms with Crippen molar-refractivity contribution in [3.05, 3.63) is 10.4 Å². The van der Waals surface area contributed by atoms with Crippen LogP contribution in [-0.2, 0) is 0 Å². The molecule has 0 aliphatic carbocycles. The zero-order chi connectivity index (χ0) is 13.5. The number of aliphatic hydroxyl groups excluding tert-OH is 2. The van der Waals surface area contributed by atoms with Crippen molar-refractivity contribution < 1.29 is 10.2 Å². The summed E-state index contributed by atoms with van der Waals surface area (Å²) < 4.78 is 0. The van der Waals surface area contributed by atoms with Gasteiger partial charge in [-0.05, 0) is 13.8 Å². The summed E-state index contributed by atoms with van der Waals surface area (Å²) in [5.74, 6) is 0.360. The van der Waals surface area contributed by atoms with Crippen molar-refractivity contribution in [2.75, 3.05) is 22.9 Å². The van der Waals surface area contributed by atoms with Gasteiger partial charge in [0.25, 0.3) is 5.56 Å². The monoisotopic (exact) mass is 255 g/mol. The molecule has 1 aromatic heterocycles. The van der Waals surface area contributed by atoms with Crippen LogP contribution < -0.4 is 21.9 Å². The molecule has 2 heterocycles. The van der Waals surface area contributed by atoms with Gasteiger partial charge in [0, 0.05) is 6.54 Å². The fraction of sp³-hybridized carbons (Fsp3) is 0.600. The molecule has 18 heavy (non-hydrogen) atoms. The molecular weight excluding hydrogens is 238 g/mol. The van der Waals surface area contributed by atoms with Crippen LogP contribution in [0, 0.1) is 0 Å². The number of aromatic nitrogens is 2. The predicted molar refractivity (Wildman–Crippen MR) is 67.5 cm³/mol. The Morgan fingerprint density at radius 2 is 2.17 bits per heavy atom. The summed E-state index contributed by atoms with van der Waals surface area (Å²) in [5, 5.41) is 25.3. The van der Waals surface area contributed by atoms with Crippen molar-refractivity contribution in [2.45, 2.75) is 31.6 Å². The van der Waals surface area contributed by atoms with Gasteiger partial charge in [-0.15, -0.1) is 0 Å². The number of rotatable bonds is 2. The quantitative estimate of drug-likeness (QED) is 0.386. The molecule has 0 amide bonds. The molecule has 7 N–H and O–H groups in total. The van der Waals surface area contributed by atoms with E-state index in [1.807, 2.05) is 0 Å². The molecule has 0 radical (unpaired) electrons. The maximum absolute atomic E-state index is 11.7. The number of nitrogens with one attached hydrogen (secondary N) is 3. The summed E-state index contributed by atoms with van der Waals surface area (Å²) in [5.41, 5.74) is 4.35. The third-order valence-electron chi connectivity index (χ3n) is 3.08. The number of nitrogens with two attached hydrogens (primary N) is 1. The summed E-state index contributed by atoms with van der Waals surface area (Å²) in [6, 6.07) is 0.